The molecule has 1 N–H and O–H groups in total. The van der Waals surface area contributed by atoms with E-state index in [1.165, 1.54) is 23.5 Å². The first-order valence-corrected chi connectivity index (χ1v) is 10.7. The number of amides is 1. The summed E-state index contributed by atoms with van der Waals surface area (Å²) in [7, 11) is -2.13. The van der Waals surface area contributed by atoms with Crippen LogP contribution in [-0.2, 0) is 10.0 Å². The quantitative estimate of drug-likeness (QED) is 0.786. The van der Waals surface area contributed by atoms with E-state index in [2.05, 4.69) is 19.2 Å². The van der Waals surface area contributed by atoms with Crippen LogP contribution in [-0.4, -0.2) is 44.9 Å². The summed E-state index contributed by atoms with van der Waals surface area (Å²) in [6, 6.07) is 4.51. The Bertz CT molecular complexity index is 725. The van der Waals surface area contributed by atoms with Crippen LogP contribution in [0, 0.1) is 5.92 Å². The molecule has 1 heterocycles. The smallest absolute Gasteiger partial charge is 0.255 e. The van der Waals surface area contributed by atoms with E-state index >= 15 is 0 Å². The van der Waals surface area contributed by atoms with Crippen molar-refractivity contribution >= 4 is 15.9 Å². The van der Waals surface area contributed by atoms with Crippen LogP contribution in [0.1, 0.15) is 56.8 Å². The average molecular weight is 383 g/mol. The second kappa shape index (κ2) is 8.86. The fraction of sp³-hybridized carbons (Fsp3) is 0.632. The van der Waals surface area contributed by atoms with E-state index in [0.717, 1.165) is 25.7 Å². The molecule has 0 radical (unpaired) electrons. The van der Waals surface area contributed by atoms with Gasteiger partial charge in [0.1, 0.15) is 5.75 Å². The Labute approximate surface area is 157 Å². The molecule has 1 atom stereocenters. The van der Waals surface area contributed by atoms with Gasteiger partial charge in [0.05, 0.1) is 17.6 Å². The molecular weight excluding hydrogens is 352 g/mol. The summed E-state index contributed by atoms with van der Waals surface area (Å²) in [6.07, 6.45) is 3.53. The van der Waals surface area contributed by atoms with Crippen molar-refractivity contribution < 1.29 is 17.9 Å². The Morgan fingerprint density at radius 1 is 1.35 bits per heavy atom. The van der Waals surface area contributed by atoms with Gasteiger partial charge >= 0.3 is 0 Å². The lowest BCUT2D eigenvalue weighted by atomic mass is 10.0. The minimum Gasteiger partial charge on any atom is -0.496 e. The van der Waals surface area contributed by atoms with E-state index in [1.807, 2.05) is 6.92 Å². The number of carbonyl (C=O) groups excluding carboxylic acids is 1. The number of nitrogens with one attached hydrogen (secondary N) is 1. The maximum absolute atomic E-state index is 12.9. The summed E-state index contributed by atoms with van der Waals surface area (Å²) in [6.45, 7) is 7.16. The number of rotatable bonds is 7. The summed E-state index contributed by atoms with van der Waals surface area (Å²) < 4.78 is 32.7. The van der Waals surface area contributed by atoms with Gasteiger partial charge in [0, 0.05) is 19.1 Å². The molecule has 0 bridgehead atoms. The second-order valence-corrected chi connectivity index (χ2v) is 9.05. The third-order valence-electron chi connectivity index (χ3n) is 4.90. The van der Waals surface area contributed by atoms with Crippen LogP contribution in [0.2, 0.25) is 0 Å². The first-order valence-electron chi connectivity index (χ1n) is 9.28. The summed E-state index contributed by atoms with van der Waals surface area (Å²) in [5, 5.41) is 2.91. The van der Waals surface area contributed by atoms with Gasteiger partial charge in [-0.1, -0.05) is 20.3 Å². The average Bonchev–Trinajstić information content (AvgIpc) is 2.61. The predicted octanol–water partition coefficient (Wildman–Crippen LogP) is 3.03. The predicted molar refractivity (Wildman–Crippen MR) is 102 cm³/mol. The molecule has 146 valence electrons. The molecule has 2 rings (SSSR count). The third kappa shape index (κ3) is 4.76. The number of nitrogens with zero attached hydrogens (tertiary/aromatic N) is 1. The molecule has 1 aliphatic heterocycles. The highest BCUT2D eigenvalue weighted by Gasteiger charge is 2.29. The zero-order valence-corrected chi connectivity index (χ0v) is 16.9. The molecule has 26 heavy (non-hydrogen) atoms. The monoisotopic (exact) mass is 382 g/mol. The van der Waals surface area contributed by atoms with E-state index < -0.39 is 10.0 Å². The molecule has 6 nitrogen and oxygen atoms in total. The van der Waals surface area contributed by atoms with E-state index in [-0.39, 0.29) is 22.4 Å². The minimum atomic E-state index is -3.61. The van der Waals surface area contributed by atoms with Gasteiger partial charge in [-0.15, -0.1) is 0 Å². The van der Waals surface area contributed by atoms with Gasteiger partial charge in [0.15, 0.2) is 0 Å². The Balaban J connectivity index is 2.29. The Kier molecular flexibility index (Phi) is 7.06. The molecule has 1 amide bonds. The molecule has 0 aliphatic carbocycles. The number of carbonyl (C=O) groups is 1. The number of hydrogen-bond acceptors (Lipinski definition) is 4. The second-order valence-electron chi connectivity index (χ2n) is 7.11. The lowest BCUT2D eigenvalue weighted by Crippen LogP contribution is -2.38. The summed E-state index contributed by atoms with van der Waals surface area (Å²) in [5.41, 5.74) is 0.252. The summed E-state index contributed by atoms with van der Waals surface area (Å²) in [5.74, 6) is 0.600. The Morgan fingerprint density at radius 2 is 2.00 bits per heavy atom. The van der Waals surface area contributed by atoms with E-state index in [4.69, 9.17) is 4.74 Å². The molecule has 1 aromatic carbocycles. The number of benzene rings is 1. The van der Waals surface area contributed by atoms with Gasteiger partial charge in [-0.25, -0.2) is 8.42 Å². The molecule has 7 heteroatoms. The Hall–Kier alpha value is -1.60. The van der Waals surface area contributed by atoms with Crippen molar-refractivity contribution in [3.63, 3.8) is 0 Å². The fourth-order valence-corrected chi connectivity index (χ4v) is 4.70. The number of hydrogen-bond donors (Lipinski definition) is 1. The van der Waals surface area contributed by atoms with E-state index in [9.17, 15) is 13.2 Å². The molecular formula is C19H30N2O4S. The molecule has 1 fully saturated rings. The highest BCUT2D eigenvalue weighted by molar-refractivity contribution is 7.89. The van der Waals surface area contributed by atoms with Crippen molar-refractivity contribution in [1.82, 2.24) is 9.62 Å². The molecule has 1 aromatic rings. The topological polar surface area (TPSA) is 75.7 Å². The van der Waals surface area contributed by atoms with Crippen molar-refractivity contribution in [3.05, 3.63) is 23.8 Å². The first kappa shape index (κ1) is 20.7. The normalized spacial score (nSPS) is 17.7. The molecule has 0 saturated carbocycles. The minimum absolute atomic E-state index is 0.0149. The maximum Gasteiger partial charge on any atom is 0.255 e. The van der Waals surface area contributed by atoms with Crippen LogP contribution in [0.25, 0.3) is 0 Å². The van der Waals surface area contributed by atoms with Crippen LogP contribution in [0.3, 0.4) is 0 Å². The fourth-order valence-electron chi connectivity index (χ4n) is 3.21. The van der Waals surface area contributed by atoms with Gasteiger partial charge in [0.25, 0.3) is 5.91 Å². The number of ether oxygens (including phenoxy) is 1. The molecule has 1 aliphatic rings. The number of sulfonamides is 1. The van der Waals surface area contributed by atoms with Crippen LogP contribution < -0.4 is 10.1 Å². The van der Waals surface area contributed by atoms with Crippen molar-refractivity contribution in [2.75, 3.05) is 20.2 Å². The van der Waals surface area contributed by atoms with Gasteiger partial charge in [-0.3, -0.25) is 4.79 Å². The van der Waals surface area contributed by atoms with Crippen LogP contribution in [0.15, 0.2) is 23.1 Å². The lowest BCUT2D eigenvalue weighted by molar-refractivity contribution is 0.0935. The molecule has 0 aromatic heterocycles. The molecule has 0 spiro atoms. The van der Waals surface area contributed by atoms with Gasteiger partial charge in [-0.05, 0) is 50.3 Å². The zero-order valence-electron chi connectivity index (χ0n) is 16.1. The van der Waals surface area contributed by atoms with Crippen LogP contribution >= 0.6 is 0 Å². The SMILES string of the molecule is CCC[C@@H](C)NC(=O)c1cc(S(=O)(=O)N2CCC(C)CC2)ccc1OC. The van der Waals surface area contributed by atoms with Crippen molar-refractivity contribution in [2.45, 2.75) is 57.4 Å². The highest BCUT2D eigenvalue weighted by atomic mass is 32.2. The summed E-state index contributed by atoms with van der Waals surface area (Å²) >= 11 is 0. The standard InChI is InChI=1S/C19H30N2O4S/c1-5-6-15(3)20-19(22)17-13-16(7-8-18(17)25-4)26(23,24)21-11-9-14(2)10-12-21/h7-8,13-15H,5-6,9-12H2,1-4H3,(H,20,22)/t15-/m1/s1. The number of piperidine rings is 1. The van der Waals surface area contributed by atoms with E-state index in [1.54, 1.807) is 6.07 Å². The van der Waals surface area contributed by atoms with Crippen molar-refractivity contribution in [3.8, 4) is 5.75 Å². The van der Waals surface area contributed by atoms with Gasteiger partial charge in [0.2, 0.25) is 10.0 Å². The van der Waals surface area contributed by atoms with Crippen molar-refractivity contribution in [2.24, 2.45) is 5.92 Å². The van der Waals surface area contributed by atoms with Crippen LogP contribution in [0.4, 0.5) is 0 Å². The third-order valence-corrected chi connectivity index (χ3v) is 6.79. The summed E-state index contributed by atoms with van der Waals surface area (Å²) in [4.78, 5) is 12.7. The largest absolute Gasteiger partial charge is 0.496 e. The Morgan fingerprint density at radius 3 is 2.58 bits per heavy atom. The maximum atomic E-state index is 12.9. The van der Waals surface area contributed by atoms with Crippen molar-refractivity contribution in [1.29, 1.82) is 0 Å². The molecule has 0 unspecified atom stereocenters. The highest BCUT2D eigenvalue weighted by Crippen LogP contribution is 2.27. The van der Waals surface area contributed by atoms with Crippen LogP contribution in [0.5, 0.6) is 5.75 Å². The van der Waals surface area contributed by atoms with Gasteiger partial charge in [-0.2, -0.15) is 4.31 Å². The van der Waals surface area contributed by atoms with Gasteiger partial charge < -0.3 is 10.1 Å². The zero-order chi connectivity index (χ0) is 19.3. The lowest BCUT2D eigenvalue weighted by Gasteiger charge is -2.29. The molecule has 1 saturated heterocycles. The number of methoxy groups -OCH3 is 1. The van der Waals surface area contributed by atoms with E-state index in [0.29, 0.717) is 24.8 Å². The first-order chi connectivity index (χ1) is 12.3.